The lowest BCUT2D eigenvalue weighted by atomic mass is 10.2. The molecule has 0 aliphatic rings. The summed E-state index contributed by atoms with van der Waals surface area (Å²) in [5.74, 6) is -0.104. The van der Waals surface area contributed by atoms with Gasteiger partial charge in [-0.2, -0.15) is 5.10 Å². The first-order valence-electron chi connectivity index (χ1n) is 7.70. The molecule has 0 saturated carbocycles. The summed E-state index contributed by atoms with van der Waals surface area (Å²) < 4.78 is 6.84. The van der Waals surface area contributed by atoms with Crippen LogP contribution in [0.5, 0.6) is 0 Å². The Bertz CT molecular complexity index is 675. The lowest BCUT2D eigenvalue weighted by Gasteiger charge is -2.03. The number of nitrogens with zero attached hydrogens (tertiary/aromatic N) is 2. The number of carbonyl (C=O) groups excluding carboxylic acids is 1. The van der Waals surface area contributed by atoms with E-state index in [1.54, 1.807) is 13.2 Å². The van der Waals surface area contributed by atoms with Crippen LogP contribution >= 0.6 is 0 Å². The number of hydrogen-bond acceptors (Lipinski definition) is 3. The van der Waals surface area contributed by atoms with E-state index >= 15 is 0 Å². The average molecular weight is 313 g/mol. The molecule has 1 aromatic carbocycles. The van der Waals surface area contributed by atoms with Crippen LogP contribution in [0.4, 0.5) is 0 Å². The Labute approximate surface area is 137 Å². The summed E-state index contributed by atoms with van der Waals surface area (Å²) in [6.07, 6.45) is 4.18. The first kappa shape index (κ1) is 17.0. The van der Waals surface area contributed by atoms with E-state index in [1.165, 1.54) is 0 Å². The van der Waals surface area contributed by atoms with Crippen molar-refractivity contribution in [1.29, 1.82) is 0 Å². The highest BCUT2D eigenvalue weighted by molar-refractivity contribution is 5.92. The molecule has 1 heterocycles. The van der Waals surface area contributed by atoms with Crippen molar-refractivity contribution in [3.8, 4) is 5.69 Å². The van der Waals surface area contributed by atoms with Crippen molar-refractivity contribution in [2.24, 2.45) is 0 Å². The van der Waals surface area contributed by atoms with Gasteiger partial charge < -0.3 is 10.1 Å². The van der Waals surface area contributed by atoms with Crippen molar-refractivity contribution in [1.82, 2.24) is 15.1 Å². The molecule has 2 rings (SSSR count). The van der Waals surface area contributed by atoms with Gasteiger partial charge in [0, 0.05) is 37.6 Å². The van der Waals surface area contributed by atoms with Gasteiger partial charge in [-0.3, -0.25) is 4.79 Å². The lowest BCUT2D eigenvalue weighted by molar-refractivity contribution is -0.116. The van der Waals surface area contributed by atoms with Gasteiger partial charge in [0.2, 0.25) is 5.91 Å². The summed E-state index contributed by atoms with van der Waals surface area (Å²) in [5.41, 5.74) is 3.89. The molecule has 122 valence electrons. The monoisotopic (exact) mass is 313 g/mol. The molecule has 0 atom stereocenters. The highest BCUT2D eigenvalue weighted by Crippen LogP contribution is 2.18. The molecule has 0 saturated heterocycles. The number of rotatable bonds is 7. The Morgan fingerprint density at radius 2 is 2.04 bits per heavy atom. The molecule has 0 radical (unpaired) electrons. The summed E-state index contributed by atoms with van der Waals surface area (Å²) in [7, 11) is 1.65. The van der Waals surface area contributed by atoms with E-state index in [-0.39, 0.29) is 5.91 Å². The maximum absolute atomic E-state index is 11.8. The van der Waals surface area contributed by atoms with Gasteiger partial charge in [0.1, 0.15) is 0 Å². The normalized spacial score (nSPS) is 11.1. The van der Waals surface area contributed by atoms with Gasteiger partial charge in [0.15, 0.2) is 0 Å². The van der Waals surface area contributed by atoms with E-state index in [2.05, 4.69) is 10.4 Å². The van der Waals surface area contributed by atoms with E-state index < -0.39 is 0 Å². The summed E-state index contributed by atoms with van der Waals surface area (Å²) in [6, 6.07) is 9.96. The minimum Gasteiger partial charge on any atom is -0.385 e. The van der Waals surface area contributed by atoms with Crippen LogP contribution in [0.25, 0.3) is 11.8 Å². The fraction of sp³-hybridized carbons (Fsp3) is 0.333. The molecule has 1 aromatic heterocycles. The quantitative estimate of drug-likeness (QED) is 0.631. The molecule has 5 heteroatoms. The van der Waals surface area contributed by atoms with Crippen LogP contribution in [0.1, 0.15) is 23.4 Å². The van der Waals surface area contributed by atoms with Crippen LogP contribution in [-0.2, 0) is 9.53 Å². The smallest absolute Gasteiger partial charge is 0.244 e. The van der Waals surface area contributed by atoms with Crippen molar-refractivity contribution >= 4 is 12.0 Å². The molecule has 1 N–H and O–H groups in total. The molecule has 0 aliphatic heterocycles. The van der Waals surface area contributed by atoms with Crippen molar-refractivity contribution in [2.75, 3.05) is 20.3 Å². The van der Waals surface area contributed by atoms with Crippen LogP contribution in [0, 0.1) is 13.8 Å². The minimum atomic E-state index is -0.104. The van der Waals surface area contributed by atoms with E-state index in [1.807, 2.05) is 54.9 Å². The minimum absolute atomic E-state index is 0.104. The lowest BCUT2D eigenvalue weighted by Crippen LogP contribution is -2.22. The molecule has 0 aliphatic carbocycles. The van der Waals surface area contributed by atoms with Gasteiger partial charge in [-0.05, 0) is 38.5 Å². The average Bonchev–Trinajstić information content (AvgIpc) is 2.85. The largest absolute Gasteiger partial charge is 0.385 e. The van der Waals surface area contributed by atoms with Crippen LogP contribution < -0.4 is 5.32 Å². The third-order valence-corrected chi connectivity index (χ3v) is 3.57. The summed E-state index contributed by atoms with van der Waals surface area (Å²) >= 11 is 0. The molecule has 5 nitrogen and oxygen atoms in total. The van der Waals surface area contributed by atoms with Gasteiger partial charge >= 0.3 is 0 Å². The van der Waals surface area contributed by atoms with Crippen LogP contribution in [0.3, 0.4) is 0 Å². The third-order valence-electron chi connectivity index (χ3n) is 3.57. The number of amides is 1. The van der Waals surface area contributed by atoms with Crippen molar-refractivity contribution < 1.29 is 9.53 Å². The van der Waals surface area contributed by atoms with E-state index in [0.717, 1.165) is 29.1 Å². The second-order valence-electron chi connectivity index (χ2n) is 5.30. The Morgan fingerprint density at radius 1 is 1.30 bits per heavy atom. The molecule has 0 spiro atoms. The zero-order valence-corrected chi connectivity index (χ0v) is 13.9. The number of ether oxygens (including phenoxy) is 1. The summed E-state index contributed by atoms with van der Waals surface area (Å²) in [5, 5.41) is 7.39. The second kappa shape index (κ2) is 8.29. The van der Waals surface area contributed by atoms with E-state index in [4.69, 9.17) is 4.74 Å². The van der Waals surface area contributed by atoms with Gasteiger partial charge in [0.25, 0.3) is 0 Å². The number of aryl methyl sites for hydroxylation is 1. The van der Waals surface area contributed by atoms with Crippen molar-refractivity contribution in [3.63, 3.8) is 0 Å². The third kappa shape index (κ3) is 4.53. The SMILES string of the molecule is COCCCNC(=O)/C=C/c1c(C)nn(-c2ccccc2)c1C. The summed E-state index contributed by atoms with van der Waals surface area (Å²) in [4.78, 5) is 11.8. The predicted molar refractivity (Wildman–Crippen MR) is 91.6 cm³/mol. The zero-order valence-electron chi connectivity index (χ0n) is 13.9. The van der Waals surface area contributed by atoms with Crippen LogP contribution in [0.15, 0.2) is 36.4 Å². The standard InChI is InChI=1S/C18H23N3O2/c1-14-17(10-11-18(22)19-12-7-13-23-3)15(2)21(20-14)16-8-5-4-6-9-16/h4-6,8-11H,7,12-13H2,1-3H3,(H,19,22)/b11-10+. The number of hydrogen-bond donors (Lipinski definition) is 1. The predicted octanol–water partition coefficient (Wildman–Crippen LogP) is 2.66. The van der Waals surface area contributed by atoms with Gasteiger partial charge in [0.05, 0.1) is 11.4 Å². The number of carbonyl (C=O) groups is 1. The Kier molecular flexibility index (Phi) is 6.11. The summed E-state index contributed by atoms with van der Waals surface area (Å²) in [6.45, 7) is 5.20. The maximum Gasteiger partial charge on any atom is 0.244 e. The van der Waals surface area contributed by atoms with E-state index in [0.29, 0.717) is 13.2 Å². The Balaban J connectivity index is 2.07. The molecular formula is C18H23N3O2. The van der Waals surface area contributed by atoms with Crippen molar-refractivity contribution in [2.45, 2.75) is 20.3 Å². The highest BCUT2D eigenvalue weighted by Gasteiger charge is 2.10. The number of aromatic nitrogens is 2. The van der Waals surface area contributed by atoms with E-state index in [9.17, 15) is 4.79 Å². The first-order valence-corrected chi connectivity index (χ1v) is 7.70. The topological polar surface area (TPSA) is 56.1 Å². The second-order valence-corrected chi connectivity index (χ2v) is 5.30. The highest BCUT2D eigenvalue weighted by atomic mass is 16.5. The van der Waals surface area contributed by atoms with Crippen molar-refractivity contribution in [3.05, 3.63) is 53.4 Å². The molecule has 1 amide bonds. The number of methoxy groups -OCH3 is 1. The van der Waals surface area contributed by atoms with Gasteiger partial charge in [-0.25, -0.2) is 4.68 Å². The maximum atomic E-state index is 11.8. The molecule has 23 heavy (non-hydrogen) atoms. The number of nitrogens with one attached hydrogen (secondary N) is 1. The molecule has 0 bridgehead atoms. The van der Waals surface area contributed by atoms with Crippen LogP contribution in [-0.4, -0.2) is 35.9 Å². The van der Waals surface area contributed by atoms with Crippen LogP contribution in [0.2, 0.25) is 0 Å². The Hall–Kier alpha value is -2.40. The zero-order chi connectivity index (χ0) is 16.7. The fourth-order valence-corrected chi connectivity index (χ4v) is 2.36. The molecule has 2 aromatic rings. The number of para-hydroxylation sites is 1. The van der Waals surface area contributed by atoms with Gasteiger partial charge in [-0.1, -0.05) is 18.2 Å². The molecule has 0 fully saturated rings. The van der Waals surface area contributed by atoms with Gasteiger partial charge in [-0.15, -0.1) is 0 Å². The molecule has 0 unspecified atom stereocenters. The number of benzene rings is 1. The first-order chi connectivity index (χ1) is 11.1. The molecular weight excluding hydrogens is 290 g/mol. The fourth-order valence-electron chi connectivity index (χ4n) is 2.36. The Morgan fingerprint density at radius 3 is 2.74 bits per heavy atom.